The SMILES string of the molecule is Cc1ccc(N(CC(=O)N/N=C\c2ccc(OCC(=O)O)cc2)S(=O)(=O)c2ccc(F)cc2)cc1. The number of aliphatic carboxylic acids is 1. The zero-order chi connectivity index (χ0) is 25.4. The summed E-state index contributed by atoms with van der Waals surface area (Å²) in [7, 11) is -4.17. The summed E-state index contributed by atoms with van der Waals surface area (Å²) < 4.78 is 45.7. The second-order valence-corrected chi connectivity index (χ2v) is 9.21. The molecule has 0 radical (unpaired) electrons. The van der Waals surface area contributed by atoms with Crippen molar-refractivity contribution in [2.45, 2.75) is 11.8 Å². The first-order chi connectivity index (χ1) is 16.6. The molecule has 182 valence electrons. The number of nitrogens with zero attached hydrogens (tertiary/aromatic N) is 2. The van der Waals surface area contributed by atoms with Crippen molar-refractivity contribution in [3.63, 3.8) is 0 Å². The van der Waals surface area contributed by atoms with Crippen molar-refractivity contribution in [1.29, 1.82) is 0 Å². The Hall–Kier alpha value is -4.25. The van der Waals surface area contributed by atoms with Gasteiger partial charge >= 0.3 is 5.97 Å². The average Bonchev–Trinajstić information content (AvgIpc) is 2.83. The van der Waals surface area contributed by atoms with Gasteiger partial charge in [-0.2, -0.15) is 5.10 Å². The molecule has 0 aliphatic rings. The van der Waals surface area contributed by atoms with Gasteiger partial charge in [-0.1, -0.05) is 17.7 Å². The van der Waals surface area contributed by atoms with E-state index in [2.05, 4.69) is 10.5 Å². The summed E-state index contributed by atoms with van der Waals surface area (Å²) in [6.07, 6.45) is 1.34. The molecule has 0 bridgehead atoms. The van der Waals surface area contributed by atoms with Gasteiger partial charge in [0, 0.05) is 0 Å². The number of nitrogens with one attached hydrogen (secondary N) is 1. The molecule has 3 aromatic carbocycles. The first-order valence-electron chi connectivity index (χ1n) is 10.3. The van der Waals surface area contributed by atoms with Gasteiger partial charge in [-0.15, -0.1) is 0 Å². The van der Waals surface area contributed by atoms with Crippen molar-refractivity contribution < 1.29 is 32.2 Å². The van der Waals surface area contributed by atoms with Crippen LogP contribution in [-0.2, 0) is 19.6 Å². The highest BCUT2D eigenvalue weighted by molar-refractivity contribution is 7.92. The van der Waals surface area contributed by atoms with E-state index >= 15 is 0 Å². The Balaban J connectivity index is 1.72. The molecule has 0 unspecified atom stereocenters. The maximum atomic E-state index is 13.3. The zero-order valence-electron chi connectivity index (χ0n) is 18.6. The van der Waals surface area contributed by atoms with Crippen LogP contribution in [0.2, 0.25) is 0 Å². The quantitative estimate of drug-likeness (QED) is 0.326. The summed E-state index contributed by atoms with van der Waals surface area (Å²) >= 11 is 0. The summed E-state index contributed by atoms with van der Waals surface area (Å²) in [5, 5.41) is 12.5. The fraction of sp³-hybridized carbons (Fsp3) is 0.125. The van der Waals surface area contributed by atoms with Crippen LogP contribution in [0.1, 0.15) is 11.1 Å². The number of sulfonamides is 1. The van der Waals surface area contributed by atoms with Crippen molar-refractivity contribution in [3.8, 4) is 5.75 Å². The molecule has 0 fully saturated rings. The van der Waals surface area contributed by atoms with E-state index in [1.807, 2.05) is 6.92 Å². The Labute approximate surface area is 201 Å². The standard InChI is InChI=1S/C24H22FN3O6S/c1-17-2-8-20(9-3-17)28(35(32,33)22-12-6-19(25)7-13-22)15-23(29)27-26-14-18-4-10-21(11-5-18)34-16-24(30)31/h2-14H,15-16H2,1H3,(H,27,29)(H,30,31)/b26-14-. The molecule has 0 heterocycles. The van der Waals surface area contributed by atoms with Crippen LogP contribution < -0.4 is 14.5 Å². The van der Waals surface area contributed by atoms with E-state index in [4.69, 9.17) is 9.84 Å². The molecular formula is C24H22FN3O6S. The predicted octanol–water partition coefficient (Wildman–Crippen LogP) is 2.94. The number of benzene rings is 3. The van der Waals surface area contributed by atoms with Gasteiger partial charge in [0.1, 0.15) is 18.1 Å². The van der Waals surface area contributed by atoms with Gasteiger partial charge < -0.3 is 9.84 Å². The van der Waals surface area contributed by atoms with Gasteiger partial charge in [0.05, 0.1) is 16.8 Å². The lowest BCUT2D eigenvalue weighted by molar-refractivity contribution is -0.139. The minimum Gasteiger partial charge on any atom is -0.482 e. The topological polar surface area (TPSA) is 125 Å². The number of rotatable bonds is 10. The number of halogens is 1. The van der Waals surface area contributed by atoms with Gasteiger partial charge in [-0.25, -0.2) is 23.0 Å². The third-order valence-electron chi connectivity index (χ3n) is 4.66. The number of hydrazone groups is 1. The van der Waals surface area contributed by atoms with E-state index in [1.54, 1.807) is 48.5 Å². The largest absolute Gasteiger partial charge is 0.482 e. The second-order valence-electron chi connectivity index (χ2n) is 7.35. The van der Waals surface area contributed by atoms with Crippen LogP contribution in [0.3, 0.4) is 0 Å². The summed E-state index contributed by atoms with van der Waals surface area (Å²) in [4.78, 5) is 22.9. The predicted molar refractivity (Wildman–Crippen MR) is 127 cm³/mol. The minimum absolute atomic E-state index is 0.166. The van der Waals surface area contributed by atoms with Crippen molar-refractivity contribution in [1.82, 2.24) is 5.43 Å². The Bertz CT molecular complexity index is 1310. The van der Waals surface area contributed by atoms with Crippen LogP contribution in [0.5, 0.6) is 5.75 Å². The maximum Gasteiger partial charge on any atom is 0.341 e. The zero-order valence-corrected chi connectivity index (χ0v) is 19.4. The van der Waals surface area contributed by atoms with E-state index < -0.39 is 40.9 Å². The Morgan fingerprint density at radius 3 is 2.26 bits per heavy atom. The maximum absolute atomic E-state index is 13.3. The smallest absolute Gasteiger partial charge is 0.341 e. The third kappa shape index (κ3) is 7.11. The highest BCUT2D eigenvalue weighted by Crippen LogP contribution is 2.24. The van der Waals surface area contributed by atoms with Crippen LogP contribution >= 0.6 is 0 Å². The van der Waals surface area contributed by atoms with Gasteiger partial charge in [-0.3, -0.25) is 9.10 Å². The molecule has 0 aliphatic carbocycles. The number of carboxylic acid groups (broad SMARTS) is 1. The molecule has 1 amide bonds. The molecule has 2 N–H and O–H groups in total. The molecule has 0 atom stereocenters. The monoisotopic (exact) mass is 499 g/mol. The molecule has 3 rings (SSSR count). The number of amides is 1. The average molecular weight is 500 g/mol. The number of hydrogen-bond acceptors (Lipinski definition) is 6. The molecule has 0 spiro atoms. The van der Waals surface area contributed by atoms with Gasteiger partial charge in [0.15, 0.2) is 6.61 Å². The molecule has 3 aromatic rings. The van der Waals surface area contributed by atoms with Crippen molar-refractivity contribution in [3.05, 3.63) is 89.7 Å². The molecule has 0 aromatic heterocycles. The highest BCUT2D eigenvalue weighted by atomic mass is 32.2. The Kier molecular flexibility index (Phi) is 8.16. The van der Waals surface area contributed by atoms with Crippen LogP contribution in [0, 0.1) is 12.7 Å². The number of carboxylic acids is 1. The second kappa shape index (κ2) is 11.3. The molecule has 11 heteroatoms. The van der Waals surface area contributed by atoms with Crippen LogP contribution in [0.15, 0.2) is 82.8 Å². The van der Waals surface area contributed by atoms with E-state index in [0.717, 1.165) is 34.1 Å². The fourth-order valence-corrected chi connectivity index (χ4v) is 4.32. The van der Waals surface area contributed by atoms with Crippen LogP contribution in [-0.4, -0.2) is 44.8 Å². The van der Waals surface area contributed by atoms with E-state index in [1.165, 1.54) is 6.21 Å². The fourth-order valence-electron chi connectivity index (χ4n) is 2.90. The molecule has 35 heavy (non-hydrogen) atoms. The number of hydrogen-bond donors (Lipinski definition) is 2. The molecule has 9 nitrogen and oxygen atoms in total. The number of ether oxygens (including phenoxy) is 1. The van der Waals surface area contributed by atoms with Crippen molar-refractivity contribution in [2.75, 3.05) is 17.5 Å². The molecule has 0 aliphatic heterocycles. The number of carbonyl (C=O) groups excluding carboxylic acids is 1. The first-order valence-corrected chi connectivity index (χ1v) is 11.7. The van der Waals surface area contributed by atoms with Gasteiger partial charge in [0.25, 0.3) is 15.9 Å². The van der Waals surface area contributed by atoms with Gasteiger partial charge in [-0.05, 0) is 73.2 Å². The number of carbonyl (C=O) groups is 2. The lowest BCUT2D eigenvalue weighted by Crippen LogP contribution is -2.39. The molecule has 0 saturated carbocycles. The van der Waals surface area contributed by atoms with Crippen LogP contribution in [0.4, 0.5) is 10.1 Å². The van der Waals surface area contributed by atoms with E-state index in [9.17, 15) is 22.4 Å². The minimum atomic E-state index is -4.17. The first kappa shape index (κ1) is 25.4. The third-order valence-corrected chi connectivity index (χ3v) is 6.44. The van der Waals surface area contributed by atoms with E-state index in [0.29, 0.717) is 11.3 Å². The summed E-state index contributed by atoms with van der Waals surface area (Å²) in [5.74, 6) is -2.03. The Morgan fingerprint density at radius 2 is 1.66 bits per heavy atom. The lowest BCUT2D eigenvalue weighted by Gasteiger charge is -2.23. The lowest BCUT2D eigenvalue weighted by atomic mass is 10.2. The highest BCUT2D eigenvalue weighted by Gasteiger charge is 2.27. The van der Waals surface area contributed by atoms with Crippen LogP contribution in [0.25, 0.3) is 0 Å². The Morgan fingerprint density at radius 1 is 1.03 bits per heavy atom. The van der Waals surface area contributed by atoms with Crippen molar-refractivity contribution >= 4 is 33.8 Å². The number of anilines is 1. The van der Waals surface area contributed by atoms with Gasteiger partial charge in [0.2, 0.25) is 0 Å². The number of aryl methyl sites for hydroxylation is 1. The molecule has 0 saturated heterocycles. The normalized spacial score (nSPS) is 11.3. The molecular weight excluding hydrogens is 477 g/mol. The van der Waals surface area contributed by atoms with Crippen molar-refractivity contribution in [2.24, 2.45) is 5.10 Å². The van der Waals surface area contributed by atoms with E-state index in [-0.39, 0.29) is 10.6 Å². The summed E-state index contributed by atoms with van der Waals surface area (Å²) in [6.45, 7) is 0.804. The summed E-state index contributed by atoms with van der Waals surface area (Å²) in [6, 6.07) is 17.2. The summed E-state index contributed by atoms with van der Waals surface area (Å²) in [5.41, 5.74) is 4.04.